The van der Waals surface area contributed by atoms with Crippen molar-refractivity contribution in [1.82, 2.24) is 4.98 Å². The number of alkyl halides is 2. The number of aromatic nitrogens is 1. The van der Waals surface area contributed by atoms with Gasteiger partial charge in [-0.05, 0) is 30.3 Å². The third-order valence-corrected chi connectivity index (χ3v) is 3.60. The molecule has 1 aromatic heterocycles. The predicted molar refractivity (Wildman–Crippen MR) is 84.3 cm³/mol. The molecule has 0 aliphatic heterocycles. The number of ether oxygens (including phenoxy) is 1. The summed E-state index contributed by atoms with van der Waals surface area (Å²) in [5.41, 5.74) is 1.43. The number of H-pyrrole nitrogens is 1. The molecule has 1 heterocycles. The predicted octanol–water partition coefficient (Wildman–Crippen LogP) is 4.68. The minimum atomic E-state index is -2.89. The molecule has 3 rings (SSSR count). The van der Waals surface area contributed by atoms with Crippen LogP contribution in [-0.4, -0.2) is 17.5 Å². The fourth-order valence-electron chi connectivity index (χ4n) is 2.18. The molecule has 0 fully saturated rings. The van der Waals surface area contributed by atoms with Crippen molar-refractivity contribution in [2.75, 3.05) is 5.32 Å². The standard InChI is InChI=1S/C16H11ClF2N2O2/c17-13-11-3-1-2-4-12(11)21-14(13)15(22)20-9-5-7-10(8-6-9)23-16(18)19/h1-8,16,21H,(H,20,22). The van der Waals surface area contributed by atoms with Crippen LogP contribution < -0.4 is 10.1 Å². The van der Waals surface area contributed by atoms with Crippen molar-refractivity contribution in [3.8, 4) is 5.75 Å². The largest absolute Gasteiger partial charge is 0.435 e. The van der Waals surface area contributed by atoms with E-state index < -0.39 is 12.5 Å². The molecular formula is C16H11ClF2N2O2. The van der Waals surface area contributed by atoms with Crippen molar-refractivity contribution in [2.45, 2.75) is 6.61 Å². The average Bonchev–Trinajstić information content (AvgIpc) is 2.86. The van der Waals surface area contributed by atoms with Gasteiger partial charge in [0.2, 0.25) is 0 Å². The molecule has 0 saturated carbocycles. The third-order valence-electron chi connectivity index (χ3n) is 3.21. The Kier molecular flexibility index (Phi) is 4.16. The van der Waals surface area contributed by atoms with Gasteiger partial charge in [-0.1, -0.05) is 29.8 Å². The van der Waals surface area contributed by atoms with E-state index in [9.17, 15) is 13.6 Å². The number of rotatable bonds is 4. The average molecular weight is 337 g/mol. The normalized spacial score (nSPS) is 11.0. The molecule has 2 N–H and O–H groups in total. The van der Waals surface area contributed by atoms with Crippen molar-refractivity contribution in [2.24, 2.45) is 0 Å². The zero-order valence-corrected chi connectivity index (χ0v) is 12.4. The van der Waals surface area contributed by atoms with Gasteiger partial charge in [-0.2, -0.15) is 8.78 Å². The molecule has 0 saturated heterocycles. The van der Waals surface area contributed by atoms with Gasteiger partial charge in [0.15, 0.2) is 0 Å². The second kappa shape index (κ2) is 6.26. The van der Waals surface area contributed by atoms with Gasteiger partial charge in [-0.3, -0.25) is 4.79 Å². The Morgan fingerprint density at radius 3 is 2.48 bits per heavy atom. The molecule has 0 aliphatic rings. The highest BCUT2D eigenvalue weighted by Crippen LogP contribution is 2.28. The highest BCUT2D eigenvalue weighted by atomic mass is 35.5. The van der Waals surface area contributed by atoms with Crippen LogP contribution in [0.2, 0.25) is 5.02 Å². The quantitative estimate of drug-likeness (QED) is 0.727. The number of fused-ring (bicyclic) bond motifs is 1. The summed E-state index contributed by atoms with van der Waals surface area (Å²) in [5, 5.41) is 3.72. The number of hydrogen-bond acceptors (Lipinski definition) is 2. The number of amides is 1. The van der Waals surface area contributed by atoms with Crippen LogP contribution in [0, 0.1) is 0 Å². The van der Waals surface area contributed by atoms with Crippen LogP contribution in [0.15, 0.2) is 48.5 Å². The first kappa shape index (κ1) is 15.3. The van der Waals surface area contributed by atoms with Crippen molar-refractivity contribution in [3.05, 3.63) is 59.2 Å². The Balaban J connectivity index is 1.79. The van der Waals surface area contributed by atoms with E-state index in [4.69, 9.17) is 11.6 Å². The summed E-state index contributed by atoms with van der Waals surface area (Å²) in [6.45, 7) is -2.89. The minimum Gasteiger partial charge on any atom is -0.435 e. The highest BCUT2D eigenvalue weighted by molar-refractivity contribution is 6.39. The van der Waals surface area contributed by atoms with Crippen LogP contribution >= 0.6 is 11.6 Å². The van der Waals surface area contributed by atoms with Crippen molar-refractivity contribution >= 4 is 34.1 Å². The van der Waals surface area contributed by atoms with Crippen LogP contribution in [0.5, 0.6) is 5.75 Å². The van der Waals surface area contributed by atoms with E-state index in [0.717, 1.165) is 10.9 Å². The number of nitrogens with one attached hydrogen (secondary N) is 2. The molecule has 118 valence electrons. The summed E-state index contributed by atoms with van der Waals surface area (Å²) in [6, 6.07) is 12.9. The lowest BCUT2D eigenvalue weighted by Crippen LogP contribution is -2.12. The number of carbonyl (C=O) groups is 1. The number of hydrogen-bond donors (Lipinski definition) is 2. The number of aromatic amines is 1. The van der Waals surface area contributed by atoms with Gasteiger partial charge in [-0.15, -0.1) is 0 Å². The summed E-state index contributed by atoms with van der Waals surface area (Å²) in [5.74, 6) is -0.407. The Bertz CT molecular complexity index is 847. The maximum Gasteiger partial charge on any atom is 0.387 e. The number of benzene rings is 2. The van der Waals surface area contributed by atoms with E-state index in [1.54, 1.807) is 6.07 Å². The van der Waals surface area contributed by atoms with Gasteiger partial charge in [0.25, 0.3) is 5.91 Å². The van der Waals surface area contributed by atoms with E-state index in [0.29, 0.717) is 10.7 Å². The monoisotopic (exact) mass is 336 g/mol. The van der Waals surface area contributed by atoms with Gasteiger partial charge < -0.3 is 15.0 Å². The second-order valence-electron chi connectivity index (χ2n) is 4.72. The molecule has 4 nitrogen and oxygen atoms in total. The van der Waals surface area contributed by atoms with Gasteiger partial charge in [0.05, 0.1) is 5.02 Å². The zero-order chi connectivity index (χ0) is 16.4. The third kappa shape index (κ3) is 3.27. The van der Waals surface area contributed by atoms with Crippen molar-refractivity contribution < 1.29 is 18.3 Å². The van der Waals surface area contributed by atoms with Gasteiger partial charge in [0, 0.05) is 16.6 Å². The number of para-hydroxylation sites is 1. The molecule has 2 aromatic carbocycles. The molecule has 0 spiro atoms. The SMILES string of the molecule is O=C(Nc1ccc(OC(F)F)cc1)c1[nH]c2ccccc2c1Cl. The lowest BCUT2D eigenvalue weighted by molar-refractivity contribution is -0.0498. The first-order chi connectivity index (χ1) is 11.0. The molecule has 0 radical (unpaired) electrons. The summed E-state index contributed by atoms with van der Waals surface area (Å²) >= 11 is 6.21. The minimum absolute atomic E-state index is 0.0154. The first-order valence-corrected chi connectivity index (χ1v) is 7.05. The Labute approximate surface area is 135 Å². The van der Waals surface area contributed by atoms with Gasteiger partial charge >= 0.3 is 6.61 Å². The van der Waals surface area contributed by atoms with Crippen molar-refractivity contribution in [1.29, 1.82) is 0 Å². The van der Waals surface area contributed by atoms with Crippen LogP contribution in [0.3, 0.4) is 0 Å². The molecule has 0 unspecified atom stereocenters. The zero-order valence-electron chi connectivity index (χ0n) is 11.6. The van der Waals surface area contributed by atoms with Crippen molar-refractivity contribution in [3.63, 3.8) is 0 Å². The van der Waals surface area contributed by atoms with Crippen LogP contribution in [-0.2, 0) is 0 Å². The van der Waals surface area contributed by atoms with E-state index in [1.165, 1.54) is 24.3 Å². The Morgan fingerprint density at radius 2 is 1.83 bits per heavy atom. The molecule has 3 aromatic rings. The molecule has 0 aliphatic carbocycles. The second-order valence-corrected chi connectivity index (χ2v) is 5.09. The number of halogens is 3. The van der Waals surface area contributed by atoms with Gasteiger partial charge in [-0.25, -0.2) is 0 Å². The summed E-state index contributed by atoms with van der Waals surface area (Å²) < 4.78 is 28.4. The lowest BCUT2D eigenvalue weighted by Gasteiger charge is -2.07. The Morgan fingerprint density at radius 1 is 1.13 bits per heavy atom. The lowest BCUT2D eigenvalue weighted by atomic mass is 10.2. The molecular weight excluding hydrogens is 326 g/mol. The van der Waals surface area contributed by atoms with Crippen LogP contribution in [0.1, 0.15) is 10.5 Å². The van der Waals surface area contributed by atoms with E-state index in [-0.39, 0.29) is 11.4 Å². The maximum absolute atomic E-state index is 12.3. The maximum atomic E-state index is 12.3. The van der Waals surface area contributed by atoms with Crippen LogP contribution in [0.4, 0.5) is 14.5 Å². The molecule has 23 heavy (non-hydrogen) atoms. The van der Waals surface area contributed by atoms with Crippen LogP contribution in [0.25, 0.3) is 10.9 Å². The molecule has 1 amide bonds. The molecule has 7 heteroatoms. The van der Waals surface area contributed by atoms with E-state index in [2.05, 4.69) is 15.0 Å². The van der Waals surface area contributed by atoms with E-state index in [1.807, 2.05) is 18.2 Å². The van der Waals surface area contributed by atoms with E-state index >= 15 is 0 Å². The fourth-order valence-corrected chi connectivity index (χ4v) is 2.48. The number of carbonyl (C=O) groups excluding carboxylic acids is 1. The first-order valence-electron chi connectivity index (χ1n) is 6.67. The topological polar surface area (TPSA) is 54.1 Å². The number of anilines is 1. The van der Waals surface area contributed by atoms with Gasteiger partial charge in [0.1, 0.15) is 11.4 Å². The molecule has 0 bridgehead atoms. The summed E-state index contributed by atoms with van der Waals surface area (Å²) in [6.07, 6.45) is 0. The highest BCUT2D eigenvalue weighted by Gasteiger charge is 2.16. The fraction of sp³-hybridized carbons (Fsp3) is 0.0625. The smallest absolute Gasteiger partial charge is 0.387 e. The molecule has 0 atom stereocenters. The Hall–Kier alpha value is -2.60. The summed E-state index contributed by atoms with van der Waals surface area (Å²) in [4.78, 5) is 15.2. The summed E-state index contributed by atoms with van der Waals surface area (Å²) in [7, 11) is 0.